The van der Waals surface area contributed by atoms with Gasteiger partial charge >= 0.3 is 5.97 Å². The number of rotatable bonds is 6. The molecule has 0 bridgehead atoms. The number of carbonyl (C=O) groups is 2. The van der Waals surface area contributed by atoms with E-state index in [9.17, 15) is 9.59 Å². The lowest BCUT2D eigenvalue weighted by atomic mass is 9.90. The molecule has 1 atom stereocenters. The Balaban J connectivity index is 1.48. The molecule has 5 heteroatoms. The molecule has 130 valence electrons. The Morgan fingerprint density at radius 2 is 1.88 bits per heavy atom. The first-order valence-corrected chi connectivity index (χ1v) is 8.44. The van der Waals surface area contributed by atoms with Crippen molar-refractivity contribution in [3.05, 3.63) is 65.2 Å². The second-order valence-electron chi connectivity index (χ2n) is 6.18. The van der Waals surface area contributed by atoms with Crippen LogP contribution in [0.3, 0.4) is 0 Å². The topological polar surface area (TPSA) is 75.6 Å². The summed E-state index contributed by atoms with van der Waals surface area (Å²) in [6.45, 7) is 1.18. The molecule has 25 heavy (non-hydrogen) atoms. The van der Waals surface area contributed by atoms with Crippen LogP contribution in [0.5, 0.6) is 5.75 Å². The first kappa shape index (κ1) is 17.0. The third-order valence-corrected chi connectivity index (χ3v) is 4.45. The van der Waals surface area contributed by atoms with Crippen LogP contribution in [0.15, 0.2) is 48.5 Å². The van der Waals surface area contributed by atoms with Crippen LogP contribution in [0.4, 0.5) is 0 Å². The summed E-state index contributed by atoms with van der Waals surface area (Å²) in [6, 6.07) is 14.6. The van der Waals surface area contributed by atoms with Crippen molar-refractivity contribution < 1.29 is 19.4 Å². The zero-order valence-corrected chi connectivity index (χ0v) is 13.9. The molecule has 2 aromatic rings. The molecule has 0 fully saturated rings. The number of para-hydroxylation sites is 1. The van der Waals surface area contributed by atoms with Crippen molar-refractivity contribution in [3.63, 3.8) is 0 Å². The average molecular weight is 339 g/mol. The minimum atomic E-state index is -0.934. The molecule has 2 aromatic carbocycles. The molecule has 0 aromatic heterocycles. The average Bonchev–Trinajstić information content (AvgIpc) is 2.62. The van der Waals surface area contributed by atoms with Crippen molar-refractivity contribution in [2.75, 3.05) is 13.2 Å². The van der Waals surface area contributed by atoms with Gasteiger partial charge in [-0.25, -0.2) is 4.79 Å². The maximum Gasteiger partial charge on any atom is 0.335 e. The lowest BCUT2D eigenvalue weighted by Gasteiger charge is -2.25. The number of benzene rings is 2. The molecular weight excluding hydrogens is 318 g/mol. The summed E-state index contributed by atoms with van der Waals surface area (Å²) in [4.78, 5) is 23.1. The van der Waals surface area contributed by atoms with E-state index in [1.165, 1.54) is 0 Å². The molecular formula is C20H21NO4. The zero-order chi connectivity index (χ0) is 17.6. The molecule has 1 aliphatic rings. The van der Waals surface area contributed by atoms with Gasteiger partial charge in [-0.15, -0.1) is 0 Å². The number of aromatic carboxylic acids is 1. The van der Waals surface area contributed by atoms with E-state index in [1.807, 2.05) is 24.3 Å². The van der Waals surface area contributed by atoms with E-state index >= 15 is 0 Å². The van der Waals surface area contributed by atoms with Gasteiger partial charge in [0.1, 0.15) is 5.75 Å². The Hall–Kier alpha value is -2.82. The van der Waals surface area contributed by atoms with Crippen molar-refractivity contribution in [1.82, 2.24) is 5.32 Å². The van der Waals surface area contributed by atoms with E-state index < -0.39 is 5.97 Å². The number of hydrogen-bond acceptors (Lipinski definition) is 3. The normalized spacial score (nSPS) is 15.8. The fourth-order valence-electron chi connectivity index (χ4n) is 3.08. The molecule has 0 radical (unpaired) electrons. The molecule has 5 nitrogen and oxygen atoms in total. The van der Waals surface area contributed by atoms with Crippen molar-refractivity contribution in [1.29, 1.82) is 0 Å². The molecule has 3 rings (SSSR count). The van der Waals surface area contributed by atoms with Gasteiger partial charge in [0.25, 0.3) is 0 Å². The van der Waals surface area contributed by atoms with Crippen LogP contribution < -0.4 is 10.1 Å². The number of ether oxygens (including phenoxy) is 1. The molecule has 1 amide bonds. The minimum absolute atomic E-state index is 0.0314. The van der Waals surface area contributed by atoms with E-state index in [2.05, 4.69) is 5.32 Å². The van der Waals surface area contributed by atoms with Gasteiger partial charge in [-0.3, -0.25) is 4.79 Å². The largest absolute Gasteiger partial charge is 0.493 e. The Kier molecular flexibility index (Phi) is 5.33. The van der Waals surface area contributed by atoms with Crippen LogP contribution in [0.2, 0.25) is 0 Å². The molecule has 2 N–H and O–H groups in total. The van der Waals surface area contributed by atoms with Gasteiger partial charge in [0.2, 0.25) is 5.91 Å². The maximum absolute atomic E-state index is 12.2. The lowest BCUT2D eigenvalue weighted by molar-refractivity contribution is -0.121. The summed E-state index contributed by atoms with van der Waals surface area (Å²) in [5.74, 6) is 0.172. The van der Waals surface area contributed by atoms with Crippen molar-refractivity contribution in [3.8, 4) is 5.75 Å². The van der Waals surface area contributed by atoms with Crippen LogP contribution in [-0.4, -0.2) is 30.1 Å². The van der Waals surface area contributed by atoms with E-state index in [1.54, 1.807) is 24.3 Å². The molecule has 0 aliphatic carbocycles. The summed E-state index contributed by atoms with van der Waals surface area (Å²) in [5, 5.41) is 11.8. The van der Waals surface area contributed by atoms with E-state index in [0.717, 1.165) is 23.3 Å². The monoisotopic (exact) mass is 339 g/mol. The number of nitrogens with one attached hydrogen (secondary N) is 1. The summed E-state index contributed by atoms with van der Waals surface area (Å²) in [5.41, 5.74) is 2.38. The van der Waals surface area contributed by atoms with Gasteiger partial charge < -0.3 is 15.2 Å². The van der Waals surface area contributed by atoms with Crippen molar-refractivity contribution in [2.24, 2.45) is 0 Å². The van der Waals surface area contributed by atoms with E-state index in [-0.39, 0.29) is 17.4 Å². The van der Waals surface area contributed by atoms with Gasteiger partial charge in [0.05, 0.1) is 12.2 Å². The second kappa shape index (κ2) is 7.83. The molecule has 0 unspecified atom stereocenters. The van der Waals surface area contributed by atoms with Gasteiger partial charge in [0, 0.05) is 13.0 Å². The summed E-state index contributed by atoms with van der Waals surface area (Å²) >= 11 is 0. The second-order valence-corrected chi connectivity index (χ2v) is 6.18. The van der Waals surface area contributed by atoms with Gasteiger partial charge in [-0.2, -0.15) is 0 Å². The quantitative estimate of drug-likeness (QED) is 0.848. The standard InChI is InChI=1S/C20H21NO4/c22-19(13-16-10-12-25-18-4-2-1-3-17(16)18)21-11-9-14-5-7-15(8-6-14)20(23)24/h1-8,16H,9-13H2,(H,21,22)(H,23,24)/t16-/m1/s1. The third-order valence-electron chi connectivity index (χ3n) is 4.45. The Labute approximate surface area is 146 Å². The van der Waals surface area contributed by atoms with E-state index in [4.69, 9.17) is 9.84 Å². The third kappa shape index (κ3) is 4.38. The van der Waals surface area contributed by atoms with E-state index in [0.29, 0.717) is 26.0 Å². The molecule has 0 saturated heterocycles. The van der Waals surface area contributed by atoms with Gasteiger partial charge in [-0.1, -0.05) is 30.3 Å². The predicted molar refractivity (Wildman–Crippen MR) is 94.0 cm³/mol. The Morgan fingerprint density at radius 1 is 1.12 bits per heavy atom. The maximum atomic E-state index is 12.2. The minimum Gasteiger partial charge on any atom is -0.493 e. The molecule has 0 saturated carbocycles. The zero-order valence-electron chi connectivity index (χ0n) is 13.9. The highest BCUT2D eigenvalue weighted by molar-refractivity contribution is 5.87. The predicted octanol–water partition coefficient (Wildman–Crippen LogP) is 3.00. The lowest BCUT2D eigenvalue weighted by Crippen LogP contribution is -2.28. The van der Waals surface area contributed by atoms with Crippen LogP contribution in [0.1, 0.15) is 40.2 Å². The van der Waals surface area contributed by atoms with Gasteiger partial charge in [-0.05, 0) is 48.1 Å². The van der Waals surface area contributed by atoms with Crippen molar-refractivity contribution >= 4 is 11.9 Å². The van der Waals surface area contributed by atoms with Crippen LogP contribution in [-0.2, 0) is 11.2 Å². The smallest absolute Gasteiger partial charge is 0.335 e. The first-order chi connectivity index (χ1) is 12.1. The summed E-state index contributed by atoms with van der Waals surface area (Å²) < 4.78 is 5.63. The van der Waals surface area contributed by atoms with Gasteiger partial charge in [0.15, 0.2) is 0 Å². The van der Waals surface area contributed by atoms with Crippen molar-refractivity contribution in [2.45, 2.75) is 25.2 Å². The highest BCUT2D eigenvalue weighted by Crippen LogP contribution is 2.35. The number of fused-ring (bicyclic) bond motifs is 1. The first-order valence-electron chi connectivity index (χ1n) is 8.44. The van der Waals surface area contributed by atoms with Crippen LogP contribution in [0.25, 0.3) is 0 Å². The highest BCUT2D eigenvalue weighted by atomic mass is 16.5. The fourth-order valence-corrected chi connectivity index (χ4v) is 3.08. The molecule has 0 spiro atoms. The summed E-state index contributed by atoms with van der Waals surface area (Å²) in [7, 11) is 0. The number of carbonyl (C=O) groups excluding carboxylic acids is 1. The Morgan fingerprint density at radius 3 is 2.64 bits per heavy atom. The SMILES string of the molecule is O=C(C[C@H]1CCOc2ccccc21)NCCc1ccc(C(=O)O)cc1. The number of amides is 1. The summed E-state index contributed by atoms with van der Waals surface area (Å²) in [6.07, 6.45) is 1.98. The van der Waals surface area contributed by atoms with Crippen LogP contribution in [0, 0.1) is 0 Å². The van der Waals surface area contributed by atoms with Crippen LogP contribution >= 0.6 is 0 Å². The number of hydrogen-bond donors (Lipinski definition) is 2. The fraction of sp³-hybridized carbons (Fsp3) is 0.300. The molecule has 1 heterocycles. The number of carboxylic acids is 1. The Bertz CT molecular complexity index is 755. The number of carboxylic acid groups (broad SMARTS) is 1. The molecule has 1 aliphatic heterocycles. The highest BCUT2D eigenvalue weighted by Gasteiger charge is 2.23.